The van der Waals surface area contributed by atoms with Crippen molar-refractivity contribution in [3.8, 4) is 0 Å². The van der Waals surface area contributed by atoms with Gasteiger partial charge in [0.15, 0.2) is 0 Å². The fraction of sp³-hybridized carbons (Fsp3) is 0. The number of rotatable bonds is 4. The van der Waals surface area contributed by atoms with Crippen LogP contribution in [0.3, 0.4) is 0 Å². The summed E-state index contributed by atoms with van der Waals surface area (Å²) in [4.78, 5) is 19.9. The first-order chi connectivity index (χ1) is 12.0. The van der Waals surface area contributed by atoms with Crippen LogP contribution in [-0.4, -0.2) is 15.9 Å². The molecule has 0 aliphatic heterocycles. The van der Waals surface area contributed by atoms with Gasteiger partial charge >= 0.3 is 0 Å². The Morgan fingerprint density at radius 2 is 1.72 bits per heavy atom. The molecule has 126 valence electrons. The lowest BCUT2D eigenvalue weighted by atomic mass is 10.2. The summed E-state index contributed by atoms with van der Waals surface area (Å²) in [6.07, 6.45) is 1.12. The third kappa shape index (κ3) is 4.11. The van der Waals surface area contributed by atoms with Crippen LogP contribution in [0, 0.1) is 17.5 Å². The molecule has 3 rings (SSSR count). The van der Waals surface area contributed by atoms with Gasteiger partial charge in [0.1, 0.15) is 35.3 Å². The number of hydrogen-bond donors (Lipinski definition) is 2. The van der Waals surface area contributed by atoms with E-state index in [1.54, 1.807) is 0 Å². The Labute approximate surface area is 140 Å². The van der Waals surface area contributed by atoms with Crippen molar-refractivity contribution in [2.45, 2.75) is 0 Å². The van der Waals surface area contributed by atoms with Crippen LogP contribution >= 0.6 is 0 Å². The molecule has 2 aromatic carbocycles. The molecule has 0 fully saturated rings. The van der Waals surface area contributed by atoms with Crippen molar-refractivity contribution in [1.82, 2.24) is 9.97 Å². The molecule has 1 heterocycles. The van der Waals surface area contributed by atoms with Gasteiger partial charge in [0.05, 0.1) is 5.69 Å². The molecule has 0 bridgehead atoms. The Hall–Kier alpha value is -3.42. The molecule has 0 aliphatic rings. The van der Waals surface area contributed by atoms with Crippen LogP contribution in [-0.2, 0) is 0 Å². The number of hydrogen-bond acceptors (Lipinski definition) is 4. The van der Waals surface area contributed by atoms with E-state index in [2.05, 4.69) is 20.6 Å². The number of aromatic nitrogens is 2. The molecule has 1 amide bonds. The van der Waals surface area contributed by atoms with Crippen LogP contribution in [0.5, 0.6) is 0 Å². The second-order valence-electron chi connectivity index (χ2n) is 5.00. The normalized spacial score (nSPS) is 10.4. The van der Waals surface area contributed by atoms with Gasteiger partial charge < -0.3 is 10.6 Å². The molecule has 0 atom stereocenters. The highest BCUT2D eigenvalue weighted by Gasteiger charge is 2.11. The van der Waals surface area contributed by atoms with E-state index in [4.69, 9.17) is 0 Å². The first kappa shape index (κ1) is 16.4. The number of benzene rings is 2. The lowest BCUT2D eigenvalue weighted by Crippen LogP contribution is -2.14. The van der Waals surface area contributed by atoms with Gasteiger partial charge in [-0.3, -0.25) is 4.79 Å². The zero-order valence-electron chi connectivity index (χ0n) is 12.6. The summed E-state index contributed by atoms with van der Waals surface area (Å²) < 4.78 is 39.7. The average Bonchev–Trinajstić information content (AvgIpc) is 2.58. The molecule has 0 saturated heterocycles. The molecule has 0 radical (unpaired) electrons. The number of halogens is 3. The molecule has 0 spiro atoms. The minimum Gasteiger partial charge on any atom is -0.338 e. The van der Waals surface area contributed by atoms with Gasteiger partial charge in [0.25, 0.3) is 5.91 Å². The van der Waals surface area contributed by atoms with E-state index in [0.29, 0.717) is 0 Å². The second-order valence-corrected chi connectivity index (χ2v) is 5.00. The summed E-state index contributed by atoms with van der Waals surface area (Å²) in [5, 5.41) is 5.12. The second kappa shape index (κ2) is 7.00. The smallest absolute Gasteiger partial charge is 0.274 e. The van der Waals surface area contributed by atoms with Crippen molar-refractivity contribution in [3.63, 3.8) is 0 Å². The number of amides is 1. The van der Waals surface area contributed by atoms with Gasteiger partial charge in [0, 0.05) is 17.8 Å². The number of carbonyl (C=O) groups excluding carboxylic acids is 1. The number of anilines is 3. The van der Waals surface area contributed by atoms with Crippen LogP contribution in [0.1, 0.15) is 10.5 Å². The number of carbonyl (C=O) groups is 1. The molecule has 5 nitrogen and oxygen atoms in total. The van der Waals surface area contributed by atoms with Gasteiger partial charge in [-0.05, 0) is 30.3 Å². The van der Waals surface area contributed by atoms with E-state index in [1.165, 1.54) is 30.3 Å². The molecule has 3 aromatic rings. The maximum absolute atomic E-state index is 13.7. The van der Waals surface area contributed by atoms with Gasteiger partial charge in [-0.1, -0.05) is 6.07 Å². The van der Waals surface area contributed by atoms with Crippen LogP contribution < -0.4 is 10.6 Å². The molecule has 0 saturated carbocycles. The monoisotopic (exact) mass is 344 g/mol. The van der Waals surface area contributed by atoms with Crippen molar-refractivity contribution in [2.75, 3.05) is 10.6 Å². The molecule has 0 unspecified atom stereocenters. The Balaban J connectivity index is 1.77. The van der Waals surface area contributed by atoms with Crippen molar-refractivity contribution < 1.29 is 18.0 Å². The first-order valence-electron chi connectivity index (χ1n) is 7.12. The fourth-order valence-corrected chi connectivity index (χ4v) is 2.04. The third-order valence-corrected chi connectivity index (χ3v) is 3.18. The molecule has 8 heteroatoms. The third-order valence-electron chi connectivity index (χ3n) is 3.18. The standard InChI is InChI=1S/C17H11F3N4O/c18-10-2-1-3-12(6-10)23-17(25)15-8-16(22-9-21-15)24-14-5-4-11(19)7-13(14)20/h1-9H,(H,23,25)(H,21,22,24). The number of nitrogens with one attached hydrogen (secondary N) is 2. The minimum absolute atomic E-state index is 0.00316. The fourth-order valence-electron chi connectivity index (χ4n) is 2.04. The lowest BCUT2D eigenvalue weighted by molar-refractivity contribution is 0.102. The Bertz CT molecular complexity index is 933. The Morgan fingerprint density at radius 3 is 2.48 bits per heavy atom. The average molecular weight is 344 g/mol. The summed E-state index contributed by atoms with van der Waals surface area (Å²) in [6.45, 7) is 0. The molecular formula is C17H11F3N4O. The maximum atomic E-state index is 13.7. The maximum Gasteiger partial charge on any atom is 0.274 e. The molecule has 1 aromatic heterocycles. The predicted octanol–water partition coefficient (Wildman–Crippen LogP) is 3.89. The quantitative estimate of drug-likeness (QED) is 0.753. The SMILES string of the molecule is O=C(Nc1cccc(F)c1)c1cc(Nc2ccc(F)cc2F)ncn1. The van der Waals surface area contributed by atoms with Crippen LogP contribution in [0.15, 0.2) is 54.9 Å². The number of nitrogens with zero attached hydrogens (tertiary/aromatic N) is 2. The molecule has 0 aliphatic carbocycles. The van der Waals surface area contributed by atoms with E-state index in [-0.39, 0.29) is 22.9 Å². The highest BCUT2D eigenvalue weighted by molar-refractivity contribution is 6.03. The van der Waals surface area contributed by atoms with E-state index in [0.717, 1.165) is 24.5 Å². The topological polar surface area (TPSA) is 66.9 Å². The Morgan fingerprint density at radius 1 is 0.920 bits per heavy atom. The molecular weight excluding hydrogens is 333 g/mol. The van der Waals surface area contributed by atoms with E-state index in [1.807, 2.05) is 0 Å². The van der Waals surface area contributed by atoms with Gasteiger partial charge in [-0.25, -0.2) is 23.1 Å². The van der Waals surface area contributed by atoms with Crippen LogP contribution in [0.4, 0.5) is 30.4 Å². The lowest BCUT2D eigenvalue weighted by Gasteiger charge is -2.08. The van der Waals surface area contributed by atoms with Crippen molar-refractivity contribution in [3.05, 3.63) is 78.0 Å². The van der Waals surface area contributed by atoms with E-state index in [9.17, 15) is 18.0 Å². The summed E-state index contributed by atoms with van der Waals surface area (Å²) in [7, 11) is 0. The van der Waals surface area contributed by atoms with Gasteiger partial charge in [0.2, 0.25) is 0 Å². The molecule has 2 N–H and O–H groups in total. The highest BCUT2D eigenvalue weighted by Crippen LogP contribution is 2.19. The van der Waals surface area contributed by atoms with Crippen LogP contribution in [0.2, 0.25) is 0 Å². The minimum atomic E-state index is -0.802. The van der Waals surface area contributed by atoms with Crippen molar-refractivity contribution in [2.24, 2.45) is 0 Å². The van der Waals surface area contributed by atoms with Gasteiger partial charge in [-0.2, -0.15) is 0 Å². The Kier molecular flexibility index (Phi) is 4.60. The van der Waals surface area contributed by atoms with Crippen molar-refractivity contribution >= 4 is 23.1 Å². The zero-order chi connectivity index (χ0) is 17.8. The predicted molar refractivity (Wildman–Crippen MR) is 86.0 cm³/mol. The van der Waals surface area contributed by atoms with E-state index < -0.39 is 23.4 Å². The zero-order valence-corrected chi connectivity index (χ0v) is 12.6. The van der Waals surface area contributed by atoms with Gasteiger partial charge in [-0.15, -0.1) is 0 Å². The molecule has 25 heavy (non-hydrogen) atoms. The summed E-state index contributed by atoms with van der Waals surface area (Å²) in [5.41, 5.74) is 0.253. The highest BCUT2D eigenvalue weighted by atomic mass is 19.1. The largest absolute Gasteiger partial charge is 0.338 e. The van der Waals surface area contributed by atoms with E-state index >= 15 is 0 Å². The summed E-state index contributed by atoms with van der Waals surface area (Å²) in [5.74, 6) is -2.44. The first-order valence-corrected chi connectivity index (χ1v) is 7.12. The summed E-state index contributed by atoms with van der Waals surface area (Å²) in [6, 6.07) is 9.69. The summed E-state index contributed by atoms with van der Waals surface area (Å²) >= 11 is 0. The van der Waals surface area contributed by atoms with Crippen LogP contribution in [0.25, 0.3) is 0 Å². The van der Waals surface area contributed by atoms with Crippen molar-refractivity contribution in [1.29, 1.82) is 0 Å².